The van der Waals surface area contributed by atoms with Crippen LogP contribution in [0.25, 0.3) is 10.9 Å². The van der Waals surface area contributed by atoms with E-state index in [4.69, 9.17) is 5.73 Å². The summed E-state index contributed by atoms with van der Waals surface area (Å²) in [6, 6.07) is 16.6. The Balaban J connectivity index is 2.22. The standard InChI is InChI=1S/C16H15N3O/c1-19-15(14(17)11-7-3-2-4-8-11)18-13-10-6-5-9-12(13)16(19)20/h2-10,14H,17H2,1H3. The average Bonchev–Trinajstić information content (AvgIpc) is 2.51. The quantitative estimate of drug-likeness (QED) is 0.770. The third-order valence-electron chi connectivity index (χ3n) is 3.45. The maximum Gasteiger partial charge on any atom is 0.261 e. The van der Waals surface area contributed by atoms with E-state index in [0.29, 0.717) is 16.7 Å². The molecule has 4 nitrogen and oxygen atoms in total. The van der Waals surface area contributed by atoms with Crippen LogP contribution in [-0.4, -0.2) is 9.55 Å². The molecular formula is C16H15N3O. The van der Waals surface area contributed by atoms with Crippen LogP contribution < -0.4 is 11.3 Å². The van der Waals surface area contributed by atoms with E-state index in [1.54, 1.807) is 13.1 Å². The number of fused-ring (bicyclic) bond motifs is 1. The molecular weight excluding hydrogens is 250 g/mol. The lowest BCUT2D eigenvalue weighted by molar-refractivity contribution is 0.681. The van der Waals surface area contributed by atoms with Gasteiger partial charge in [-0.2, -0.15) is 0 Å². The van der Waals surface area contributed by atoms with Gasteiger partial charge < -0.3 is 5.73 Å². The molecule has 0 aliphatic rings. The third kappa shape index (κ3) is 2.00. The van der Waals surface area contributed by atoms with E-state index in [0.717, 1.165) is 5.56 Å². The van der Waals surface area contributed by atoms with E-state index in [1.165, 1.54) is 4.57 Å². The van der Waals surface area contributed by atoms with Crippen LogP contribution >= 0.6 is 0 Å². The number of nitrogens with two attached hydrogens (primary N) is 1. The van der Waals surface area contributed by atoms with Crippen molar-refractivity contribution in [3.05, 3.63) is 76.3 Å². The van der Waals surface area contributed by atoms with Crippen molar-refractivity contribution in [2.24, 2.45) is 12.8 Å². The predicted molar refractivity (Wildman–Crippen MR) is 79.5 cm³/mol. The lowest BCUT2D eigenvalue weighted by Gasteiger charge is -2.15. The monoisotopic (exact) mass is 265 g/mol. The molecule has 0 saturated heterocycles. The summed E-state index contributed by atoms with van der Waals surface area (Å²) in [5, 5.41) is 0.610. The van der Waals surface area contributed by atoms with Crippen molar-refractivity contribution in [3.8, 4) is 0 Å². The number of rotatable bonds is 2. The minimum absolute atomic E-state index is 0.0722. The van der Waals surface area contributed by atoms with Crippen molar-refractivity contribution >= 4 is 10.9 Å². The van der Waals surface area contributed by atoms with Gasteiger partial charge in [0.05, 0.1) is 16.9 Å². The molecule has 1 aromatic heterocycles. The Morgan fingerprint density at radius 1 is 1.05 bits per heavy atom. The molecule has 0 bridgehead atoms. The lowest BCUT2D eigenvalue weighted by atomic mass is 10.1. The maximum atomic E-state index is 12.4. The van der Waals surface area contributed by atoms with E-state index in [2.05, 4.69) is 4.98 Å². The fraction of sp³-hybridized carbons (Fsp3) is 0.125. The molecule has 4 heteroatoms. The lowest BCUT2D eigenvalue weighted by Crippen LogP contribution is -2.27. The second kappa shape index (κ2) is 4.90. The van der Waals surface area contributed by atoms with E-state index in [1.807, 2.05) is 48.5 Å². The summed E-state index contributed by atoms with van der Waals surface area (Å²) in [5.74, 6) is 0.569. The number of nitrogens with zero attached hydrogens (tertiary/aromatic N) is 2. The summed E-state index contributed by atoms with van der Waals surface area (Å²) >= 11 is 0. The molecule has 1 unspecified atom stereocenters. The summed E-state index contributed by atoms with van der Waals surface area (Å²) in [6.45, 7) is 0. The molecule has 0 amide bonds. The number of hydrogen-bond acceptors (Lipinski definition) is 3. The molecule has 20 heavy (non-hydrogen) atoms. The topological polar surface area (TPSA) is 60.9 Å². The predicted octanol–water partition coefficient (Wildman–Crippen LogP) is 1.98. The Kier molecular flexibility index (Phi) is 3.08. The van der Waals surface area contributed by atoms with Crippen LogP contribution in [0.5, 0.6) is 0 Å². The normalized spacial score (nSPS) is 12.5. The molecule has 3 rings (SSSR count). The molecule has 2 N–H and O–H groups in total. The number of aromatic nitrogens is 2. The molecule has 0 saturated carbocycles. The van der Waals surface area contributed by atoms with Gasteiger partial charge >= 0.3 is 0 Å². The summed E-state index contributed by atoms with van der Waals surface area (Å²) in [4.78, 5) is 16.9. The van der Waals surface area contributed by atoms with E-state index in [-0.39, 0.29) is 5.56 Å². The highest BCUT2D eigenvalue weighted by atomic mass is 16.1. The Morgan fingerprint density at radius 2 is 1.70 bits per heavy atom. The zero-order chi connectivity index (χ0) is 14.1. The summed E-state index contributed by atoms with van der Waals surface area (Å²) in [7, 11) is 1.71. The van der Waals surface area contributed by atoms with E-state index in [9.17, 15) is 4.79 Å². The van der Waals surface area contributed by atoms with Crippen molar-refractivity contribution in [1.29, 1.82) is 0 Å². The molecule has 0 aliphatic carbocycles. The fourth-order valence-corrected chi connectivity index (χ4v) is 2.32. The minimum Gasteiger partial charge on any atom is -0.318 e. The molecule has 0 spiro atoms. The van der Waals surface area contributed by atoms with Gasteiger partial charge in [-0.05, 0) is 17.7 Å². The second-order valence-corrected chi connectivity index (χ2v) is 4.74. The first-order valence-corrected chi connectivity index (χ1v) is 6.44. The average molecular weight is 265 g/mol. The second-order valence-electron chi connectivity index (χ2n) is 4.74. The molecule has 2 aromatic carbocycles. The van der Waals surface area contributed by atoms with Gasteiger partial charge in [-0.1, -0.05) is 42.5 Å². The highest BCUT2D eigenvalue weighted by Gasteiger charge is 2.16. The van der Waals surface area contributed by atoms with Gasteiger partial charge in [-0.3, -0.25) is 9.36 Å². The minimum atomic E-state index is -0.418. The van der Waals surface area contributed by atoms with Crippen molar-refractivity contribution in [2.45, 2.75) is 6.04 Å². The Morgan fingerprint density at radius 3 is 2.45 bits per heavy atom. The number of para-hydroxylation sites is 1. The first-order valence-electron chi connectivity index (χ1n) is 6.44. The maximum absolute atomic E-state index is 12.4. The fourth-order valence-electron chi connectivity index (χ4n) is 2.32. The SMILES string of the molecule is Cn1c(C(N)c2ccccc2)nc2ccccc2c1=O. The zero-order valence-corrected chi connectivity index (χ0v) is 11.2. The van der Waals surface area contributed by atoms with Crippen molar-refractivity contribution < 1.29 is 0 Å². The highest BCUT2D eigenvalue weighted by molar-refractivity contribution is 5.77. The molecule has 3 aromatic rings. The largest absolute Gasteiger partial charge is 0.318 e. The summed E-state index contributed by atoms with van der Waals surface area (Å²) < 4.78 is 1.53. The Labute approximate surface area is 116 Å². The molecule has 1 atom stereocenters. The van der Waals surface area contributed by atoms with Crippen molar-refractivity contribution in [2.75, 3.05) is 0 Å². The molecule has 0 radical (unpaired) electrons. The Hall–Kier alpha value is -2.46. The van der Waals surface area contributed by atoms with E-state index < -0.39 is 6.04 Å². The van der Waals surface area contributed by atoms with Crippen molar-refractivity contribution in [1.82, 2.24) is 9.55 Å². The van der Waals surface area contributed by atoms with Crippen LogP contribution in [0.4, 0.5) is 0 Å². The third-order valence-corrected chi connectivity index (χ3v) is 3.45. The smallest absolute Gasteiger partial charge is 0.261 e. The summed E-state index contributed by atoms with van der Waals surface area (Å²) in [5.41, 5.74) is 7.80. The van der Waals surface area contributed by atoms with Crippen LogP contribution in [0, 0.1) is 0 Å². The van der Waals surface area contributed by atoms with Gasteiger partial charge in [-0.25, -0.2) is 4.98 Å². The number of hydrogen-bond donors (Lipinski definition) is 1. The first-order chi connectivity index (χ1) is 9.68. The van der Waals surface area contributed by atoms with Gasteiger partial charge in [-0.15, -0.1) is 0 Å². The number of benzene rings is 2. The summed E-state index contributed by atoms with van der Waals surface area (Å²) in [6.07, 6.45) is 0. The Bertz CT molecular complexity index is 809. The van der Waals surface area contributed by atoms with Crippen LogP contribution in [0.2, 0.25) is 0 Å². The zero-order valence-electron chi connectivity index (χ0n) is 11.2. The van der Waals surface area contributed by atoms with Gasteiger partial charge in [0.25, 0.3) is 5.56 Å². The highest BCUT2D eigenvalue weighted by Crippen LogP contribution is 2.18. The molecule has 100 valence electrons. The molecule has 0 fully saturated rings. The first kappa shape index (κ1) is 12.6. The van der Waals surface area contributed by atoms with Crippen LogP contribution in [0.15, 0.2) is 59.4 Å². The molecule has 0 aliphatic heterocycles. The van der Waals surface area contributed by atoms with Crippen LogP contribution in [-0.2, 0) is 7.05 Å². The van der Waals surface area contributed by atoms with Gasteiger partial charge in [0.15, 0.2) is 0 Å². The van der Waals surface area contributed by atoms with Gasteiger partial charge in [0, 0.05) is 7.05 Å². The van der Waals surface area contributed by atoms with Gasteiger partial charge in [0.1, 0.15) is 5.82 Å². The van der Waals surface area contributed by atoms with Crippen LogP contribution in [0.1, 0.15) is 17.4 Å². The molecule has 1 heterocycles. The van der Waals surface area contributed by atoms with Gasteiger partial charge in [0.2, 0.25) is 0 Å². The van der Waals surface area contributed by atoms with Crippen molar-refractivity contribution in [3.63, 3.8) is 0 Å². The van der Waals surface area contributed by atoms with E-state index >= 15 is 0 Å². The van der Waals surface area contributed by atoms with Crippen LogP contribution in [0.3, 0.4) is 0 Å².